The van der Waals surface area contributed by atoms with Crippen LogP contribution in [0.1, 0.15) is 40.3 Å². The minimum Gasteiger partial charge on any atom is -0.366 e. The number of hydrogen-bond acceptors (Lipinski definition) is 3. The van der Waals surface area contributed by atoms with E-state index >= 15 is 0 Å². The SMILES string of the molecule is CC(C)Nc1nccn2nc(C(C)(C)C)cc12. The monoisotopic (exact) mass is 232 g/mol. The Hall–Kier alpha value is -1.58. The van der Waals surface area contributed by atoms with Gasteiger partial charge in [0.2, 0.25) is 0 Å². The fourth-order valence-electron chi connectivity index (χ4n) is 1.67. The number of fused-ring (bicyclic) bond motifs is 1. The Morgan fingerprint density at radius 1 is 1.29 bits per heavy atom. The molecule has 0 aliphatic rings. The van der Waals surface area contributed by atoms with Crippen molar-refractivity contribution in [2.45, 2.75) is 46.1 Å². The van der Waals surface area contributed by atoms with Crippen LogP contribution in [0.3, 0.4) is 0 Å². The Morgan fingerprint density at radius 2 is 2.00 bits per heavy atom. The minimum absolute atomic E-state index is 0.0567. The van der Waals surface area contributed by atoms with E-state index in [1.54, 1.807) is 6.20 Å². The highest BCUT2D eigenvalue weighted by Crippen LogP contribution is 2.24. The van der Waals surface area contributed by atoms with Crippen LogP contribution in [0, 0.1) is 0 Å². The predicted octanol–water partition coefficient (Wildman–Crippen LogP) is 2.85. The molecule has 1 N–H and O–H groups in total. The fourth-order valence-corrected chi connectivity index (χ4v) is 1.67. The maximum Gasteiger partial charge on any atom is 0.152 e. The molecule has 0 aliphatic heterocycles. The molecule has 0 bridgehead atoms. The summed E-state index contributed by atoms with van der Waals surface area (Å²) >= 11 is 0. The lowest BCUT2D eigenvalue weighted by Crippen LogP contribution is -2.12. The van der Waals surface area contributed by atoms with Crippen LogP contribution in [0.15, 0.2) is 18.5 Å². The maximum absolute atomic E-state index is 4.59. The van der Waals surface area contributed by atoms with E-state index in [4.69, 9.17) is 0 Å². The van der Waals surface area contributed by atoms with Gasteiger partial charge in [0.05, 0.1) is 5.69 Å². The van der Waals surface area contributed by atoms with Gasteiger partial charge in [0.25, 0.3) is 0 Å². The topological polar surface area (TPSA) is 42.2 Å². The number of aromatic nitrogens is 3. The summed E-state index contributed by atoms with van der Waals surface area (Å²) in [6.45, 7) is 10.7. The highest BCUT2D eigenvalue weighted by molar-refractivity contribution is 5.68. The Bertz CT molecular complexity index is 520. The van der Waals surface area contributed by atoms with Crippen LogP contribution in [0.25, 0.3) is 5.52 Å². The third-order valence-corrected chi connectivity index (χ3v) is 2.58. The minimum atomic E-state index is 0.0567. The molecule has 0 saturated heterocycles. The van der Waals surface area contributed by atoms with Gasteiger partial charge < -0.3 is 5.32 Å². The first kappa shape index (κ1) is 11.9. The van der Waals surface area contributed by atoms with Gasteiger partial charge in [-0.15, -0.1) is 0 Å². The molecule has 0 atom stereocenters. The molecular weight excluding hydrogens is 212 g/mol. The highest BCUT2D eigenvalue weighted by atomic mass is 15.2. The van der Waals surface area contributed by atoms with Crippen LogP contribution < -0.4 is 5.32 Å². The van der Waals surface area contributed by atoms with E-state index in [2.05, 4.69) is 56.1 Å². The zero-order chi connectivity index (χ0) is 12.6. The van der Waals surface area contributed by atoms with Gasteiger partial charge in [-0.1, -0.05) is 20.8 Å². The maximum atomic E-state index is 4.59. The van der Waals surface area contributed by atoms with Crippen LogP contribution >= 0.6 is 0 Å². The summed E-state index contributed by atoms with van der Waals surface area (Å²) in [7, 11) is 0. The predicted molar refractivity (Wildman–Crippen MR) is 70.4 cm³/mol. The van der Waals surface area contributed by atoms with Gasteiger partial charge in [-0.05, 0) is 19.9 Å². The van der Waals surface area contributed by atoms with E-state index in [0.717, 1.165) is 17.0 Å². The first-order chi connectivity index (χ1) is 7.88. The van der Waals surface area contributed by atoms with Gasteiger partial charge in [-0.3, -0.25) is 0 Å². The molecule has 0 amide bonds. The van der Waals surface area contributed by atoms with Gasteiger partial charge in [0.1, 0.15) is 5.52 Å². The van der Waals surface area contributed by atoms with Crippen molar-refractivity contribution in [1.82, 2.24) is 14.6 Å². The van der Waals surface area contributed by atoms with E-state index in [9.17, 15) is 0 Å². The Morgan fingerprint density at radius 3 is 2.59 bits per heavy atom. The molecule has 0 unspecified atom stereocenters. The van der Waals surface area contributed by atoms with E-state index in [-0.39, 0.29) is 5.41 Å². The van der Waals surface area contributed by atoms with E-state index in [1.165, 1.54) is 0 Å². The van der Waals surface area contributed by atoms with Gasteiger partial charge in [-0.2, -0.15) is 5.10 Å². The second kappa shape index (κ2) is 4.02. The largest absolute Gasteiger partial charge is 0.366 e. The van der Waals surface area contributed by atoms with Crippen molar-refractivity contribution in [2.24, 2.45) is 0 Å². The lowest BCUT2D eigenvalue weighted by Gasteiger charge is -2.13. The van der Waals surface area contributed by atoms with Crippen molar-refractivity contribution in [2.75, 3.05) is 5.32 Å². The molecule has 0 fully saturated rings. The van der Waals surface area contributed by atoms with Gasteiger partial charge in [-0.25, -0.2) is 9.50 Å². The Labute approximate surface area is 102 Å². The lowest BCUT2D eigenvalue weighted by molar-refractivity contribution is 0.562. The lowest BCUT2D eigenvalue weighted by atomic mass is 9.92. The number of nitrogens with one attached hydrogen (secondary N) is 1. The smallest absolute Gasteiger partial charge is 0.152 e. The van der Waals surface area contributed by atoms with Crippen molar-refractivity contribution >= 4 is 11.3 Å². The highest BCUT2D eigenvalue weighted by Gasteiger charge is 2.19. The van der Waals surface area contributed by atoms with Crippen molar-refractivity contribution in [1.29, 1.82) is 0 Å². The van der Waals surface area contributed by atoms with Gasteiger partial charge in [0.15, 0.2) is 5.82 Å². The van der Waals surface area contributed by atoms with Gasteiger partial charge >= 0.3 is 0 Å². The van der Waals surface area contributed by atoms with Crippen molar-refractivity contribution < 1.29 is 0 Å². The summed E-state index contributed by atoms with van der Waals surface area (Å²) in [5.41, 5.74) is 2.17. The summed E-state index contributed by atoms with van der Waals surface area (Å²) in [6, 6.07) is 2.47. The molecule has 4 nitrogen and oxygen atoms in total. The third-order valence-electron chi connectivity index (χ3n) is 2.58. The molecular formula is C13H20N4. The van der Waals surface area contributed by atoms with Crippen molar-refractivity contribution in [3.8, 4) is 0 Å². The number of nitrogens with zero attached hydrogens (tertiary/aromatic N) is 3. The molecule has 17 heavy (non-hydrogen) atoms. The van der Waals surface area contributed by atoms with Crippen molar-refractivity contribution in [3.63, 3.8) is 0 Å². The average Bonchev–Trinajstić information content (AvgIpc) is 2.60. The zero-order valence-corrected chi connectivity index (χ0v) is 11.2. The quantitative estimate of drug-likeness (QED) is 0.865. The normalized spacial score (nSPS) is 12.4. The summed E-state index contributed by atoms with van der Waals surface area (Å²) in [5.74, 6) is 0.894. The number of anilines is 1. The van der Waals surface area contributed by atoms with Crippen LogP contribution in [0.5, 0.6) is 0 Å². The zero-order valence-electron chi connectivity index (χ0n) is 11.2. The number of hydrogen-bond donors (Lipinski definition) is 1. The summed E-state index contributed by atoms with van der Waals surface area (Å²) < 4.78 is 1.89. The van der Waals surface area contributed by atoms with Crippen LogP contribution in [-0.4, -0.2) is 20.6 Å². The molecule has 2 rings (SSSR count). The molecule has 4 heteroatoms. The average molecular weight is 232 g/mol. The van der Waals surface area contributed by atoms with Crippen LogP contribution in [0.2, 0.25) is 0 Å². The molecule has 2 aromatic heterocycles. The summed E-state index contributed by atoms with van der Waals surface area (Å²) in [6.07, 6.45) is 3.66. The summed E-state index contributed by atoms with van der Waals surface area (Å²) in [5, 5.41) is 7.93. The first-order valence-electron chi connectivity index (χ1n) is 5.99. The Kier molecular flexibility index (Phi) is 2.81. The fraction of sp³-hybridized carbons (Fsp3) is 0.538. The van der Waals surface area contributed by atoms with Crippen molar-refractivity contribution in [3.05, 3.63) is 24.2 Å². The third kappa shape index (κ3) is 2.40. The van der Waals surface area contributed by atoms with E-state index in [0.29, 0.717) is 6.04 Å². The standard InChI is InChI=1S/C13H20N4/c1-9(2)15-12-10-8-11(13(3,4)5)16-17(10)7-6-14-12/h6-9H,1-5H3,(H,14,15). The molecule has 0 spiro atoms. The molecule has 2 heterocycles. The second-order valence-electron chi connectivity index (χ2n) is 5.68. The molecule has 0 aliphatic carbocycles. The molecule has 0 saturated carbocycles. The molecule has 0 aromatic carbocycles. The number of rotatable bonds is 2. The van der Waals surface area contributed by atoms with Crippen LogP contribution in [-0.2, 0) is 5.41 Å². The van der Waals surface area contributed by atoms with E-state index < -0.39 is 0 Å². The Balaban J connectivity index is 2.53. The first-order valence-corrected chi connectivity index (χ1v) is 5.99. The second-order valence-corrected chi connectivity index (χ2v) is 5.68. The van der Waals surface area contributed by atoms with Gasteiger partial charge in [0, 0.05) is 23.9 Å². The molecule has 0 radical (unpaired) electrons. The van der Waals surface area contributed by atoms with E-state index in [1.807, 2.05) is 10.7 Å². The summed E-state index contributed by atoms with van der Waals surface area (Å²) in [4.78, 5) is 4.37. The molecule has 92 valence electrons. The molecule has 2 aromatic rings. The van der Waals surface area contributed by atoms with Crippen LogP contribution in [0.4, 0.5) is 5.82 Å².